The maximum Gasteiger partial charge on any atom is 0.338 e. The fourth-order valence-electron chi connectivity index (χ4n) is 2.58. The summed E-state index contributed by atoms with van der Waals surface area (Å²) in [5.74, 6) is 0.0964. The topological polar surface area (TPSA) is 103 Å². The molecule has 1 aliphatic heterocycles. The number of hydrogen-bond acceptors (Lipinski definition) is 8. The van der Waals surface area contributed by atoms with Crippen molar-refractivity contribution in [3.8, 4) is 0 Å². The monoisotopic (exact) mass is 402 g/mol. The number of nitrogens with zero attached hydrogens (tertiary/aromatic N) is 3. The van der Waals surface area contributed by atoms with Gasteiger partial charge in [-0.15, -0.1) is 11.8 Å². The molecule has 0 radical (unpaired) electrons. The Bertz CT molecular complexity index is 1120. The first-order valence-corrected chi connectivity index (χ1v) is 9.90. The van der Waals surface area contributed by atoms with Crippen LogP contribution in [0.25, 0.3) is 4.96 Å². The van der Waals surface area contributed by atoms with Crippen molar-refractivity contribution in [2.24, 2.45) is 0 Å². The molecule has 0 saturated heterocycles. The van der Waals surface area contributed by atoms with Gasteiger partial charge in [-0.1, -0.05) is 11.3 Å². The molecule has 1 amide bonds. The second kappa shape index (κ2) is 7.12. The van der Waals surface area contributed by atoms with E-state index in [1.54, 1.807) is 36.9 Å². The molecule has 3 heterocycles. The van der Waals surface area contributed by atoms with E-state index in [-0.39, 0.29) is 18.1 Å². The average molecular weight is 402 g/mol. The first-order chi connectivity index (χ1) is 13.0. The highest BCUT2D eigenvalue weighted by molar-refractivity contribution is 7.99. The molecular formula is C17H14N4O4S2. The quantitative estimate of drug-likeness (QED) is 0.670. The van der Waals surface area contributed by atoms with Crippen LogP contribution in [0.1, 0.15) is 27.5 Å². The number of esters is 1. The van der Waals surface area contributed by atoms with Crippen LogP contribution in [0.15, 0.2) is 34.0 Å². The summed E-state index contributed by atoms with van der Waals surface area (Å²) < 4.78 is 6.50. The molecule has 0 atom stereocenters. The second-order valence-corrected chi connectivity index (χ2v) is 8.04. The summed E-state index contributed by atoms with van der Waals surface area (Å²) in [6.45, 7) is 1.67. The highest BCUT2D eigenvalue weighted by Gasteiger charge is 2.17. The third kappa shape index (κ3) is 3.71. The highest BCUT2D eigenvalue weighted by atomic mass is 32.2. The smallest absolute Gasteiger partial charge is 0.338 e. The fraction of sp³-hybridized carbons (Fsp3) is 0.235. The Labute approximate surface area is 161 Å². The number of nitrogens with one attached hydrogen (secondary N) is 1. The summed E-state index contributed by atoms with van der Waals surface area (Å²) in [7, 11) is 0. The average Bonchev–Trinajstić information content (AvgIpc) is 2.94. The van der Waals surface area contributed by atoms with Crippen LogP contribution >= 0.6 is 23.1 Å². The van der Waals surface area contributed by atoms with E-state index in [0.29, 0.717) is 39.1 Å². The van der Waals surface area contributed by atoms with Crippen molar-refractivity contribution in [1.82, 2.24) is 14.6 Å². The van der Waals surface area contributed by atoms with Crippen molar-refractivity contribution in [1.29, 1.82) is 0 Å². The molecule has 1 aromatic carbocycles. The van der Waals surface area contributed by atoms with Gasteiger partial charge < -0.3 is 10.1 Å². The maximum absolute atomic E-state index is 12.4. The van der Waals surface area contributed by atoms with Gasteiger partial charge in [0.2, 0.25) is 10.9 Å². The van der Waals surface area contributed by atoms with Crippen LogP contribution in [0.2, 0.25) is 0 Å². The van der Waals surface area contributed by atoms with Crippen LogP contribution < -0.4 is 10.9 Å². The molecule has 0 saturated carbocycles. The van der Waals surface area contributed by atoms with Gasteiger partial charge in [-0.05, 0) is 25.1 Å². The summed E-state index contributed by atoms with van der Waals surface area (Å²) in [4.78, 5) is 41.6. The zero-order valence-electron chi connectivity index (χ0n) is 14.2. The number of amides is 1. The number of benzene rings is 1. The van der Waals surface area contributed by atoms with E-state index in [0.717, 1.165) is 4.90 Å². The van der Waals surface area contributed by atoms with E-state index in [9.17, 15) is 14.4 Å². The van der Waals surface area contributed by atoms with E-state index < -0.39 is 5.97 Å². The van der Waals surface area contributed by atoms with Gasteiger partial charge in [0, 0.05) is 28.8 Å². The lowest BCUT2D eigenvalue weighted by Gasteiger charge is -2.08. The predicted octanol–water partition coefficient (Wildman–Crippen LogP) is 2.25. The van der Waals surface area contributed by atoms with Gasteiger partial charge in [0.25, 0.3) is 5.56 Å². The molecule has 0 unspecified atom stereocenters. The molecular weight excluding hydrogens is 388 g/mol. The minimum absolute atomic E-state index is 0.0659. The van der Waals surface area contributed by atoms with Crippen LogP contribution in [-0.4, -0.2) is 32.2 Å². The summed E-state index contributed by atoms with van der Waals surface area (Å²) >= 11 is 2.76. The Morgan fingerprint density at radius 2 is 2.19 bits per heavy atom. The largest absolute Gasteiger partial charge is 0.455 e. The van der Waals surface area contributed by atoms with Crippen molar-refractivity contribution < 1.29 is 14.3 Å². The number of ether oxygens (including phenoxy) is 1. The standard InChI is InChI=1S/C17H14N4O4S2/c1-9-6-15(23)21-17(18-9)27-14(20-21)8-25-16(24)10-2-3-12-11(7-10)19-13(22)4-5-26-12/h2-3,6-7H,4-5,8H2,1H3,(H,19,22). The Kier molecular flexibility index (Phi) is 4.66. The molecule has 0 aliphatic carbocycles. The number of hydrogen-bond donors (Lipinski definition) is 1. The number of carbonyl (C=O) groups is 2. The number of anilines is 1. The van der Waals surface area contributed by atoms with Crippen molar-refractivity contribution in [2.75, 3.05) is 11.1 Å². The lowest BCUT2D eigenvalue weighted by molar-refractivity contribution is -0.115. The number of aryl methyl sites for hydroxylation is 1. The van der Waals surface area contributed by atoms with Crippen molar-refractivity contribution in [3.05, 3.63) is 50.9 Å². The van der Waals surface area contributed by atoms with Gasteiger partial charge >= 0.3 is 5.97 Å². The maximum atomic E-state index is 12.4. The normalized spacial score (nSPS) is 13.7. The van der Waals surface area contributed by atoms with E-state index in [2.05, 4.69) is 15.4 Å². The molecule has 3 aromatic rings. The number of fused-ring (bicyclic) bond motifs is 2. The summed E-state index contributed by atoms with van der Waals surface area (Å²) in [6.07, 6.45) is 0.434. The molecule has 10 heteroatoms. The molecule has 0 bridgehead atoms. The SMILES string of the molecule is Cc1cc(=O)n2nc(COC(=O)c3ccc4c(c3)NC(=O)CCS4)sc2n1. The van der Waals surface area contributed by atoms with Crippen LogP contribution in [0, 0.1) is 6.92 Å². The van der Waals surface area contributed by atoms with Crippen molar-refractivity contribution in [3.63, 3.8) is 0 Å². The van der Waals surface area contributed by atoms with Crippen molar-refractivity contribution >= 4 is 45.6 Å². The molecule has 2 aromatic heterocycles. The number of carbonyl (C=O) groups excluding carboxylic acids is 2. The Morgan fingerprint density at radius 3 is 3.04 bits per heavy atom. The third-order valence-corrected chi connectivity index (χ3v) is 5.77. The Hall–Kier alpha value is -2.72. The minimum atomic E-state index is -0.531. The van der Waals surface area contributed by atoms with Crippen molar-refractivity contribution in [2.45, 2.75) is 24.8 Å². The molecule has 27 heavy (non-hydrogen) atoms. The van der Waals surface area contributed by atoms with Gasteiger partial charge in [-0.25, -0.2) is 9.78 Å². The van der Waals surface area contributed by atoms with E-state index in [1.807, 2.05) is 0 Å². The summed E-state index contributed by atoms with van der Waals surface area (Å²) in [5, 5.41) is 7.40. The summed E-state index contributed by atoms with van der Waals surface area (Å²) in [5.41, 5.74) is 1.29. The lowest BCUT2D eigenvalue weighted by Crippen LogP contribution is -2.14. The van der Waals surface area contributed by atoms with E-state index in [1.165, 1.54) is 21.9 Å². The predicted molar refractivity (Wildman–Crippen MR) is 101 cm³/mol. The van der Waals surface area contributed by atoms with Gasteiger partial charge in [-0.3, -0.25) is 9.59 Å². The molecule has 8 nitrogen and oxygen atoms in total. The van der Waals surface area contributed by atoms with Gasteiger partial charge in [0.15, 0.2) is 5.01 Å². The first kappa shape index (κ1) is 17.7. The van der Waals surface area contributed by atoms with Crippen LogP contribution in [0.3, 0.4) is 0 Å². The second-order valence-electron chi connectivity index (χ2n) is 5.86. The van der Waals surface area contributed by atoms with Crippen LogP contribution in [0.4, 0.5) is 5.69 Å². The molecule has 138 valence electrons. The number of aromatic nitrogens is 3. The third-order valence-electron chi connectivity index (χ3n) is 3.82. The molecule has 0 fully saturated rings. The Balaban J connectivity index is 1.51. The summed E-state index contributed by atoms with van der Waals surface area (Å²) in [6, 6.07) is 6.47. The molecule has 0 spiro atoms. The van der Waals surface area contributed by atoms with Gasteiger partial charge in [0.1, 0.15) is 6.61 Å². The zero-order valence-corrected chi connectivity index (χ0v) is 15.9. The molecule has 1 aliphatic rings. The minimum Gasteiger partial charge on any atom is -0.455 e. The molecule has 4 rings (SSSR count). The zero-order chi connectivity index (χ0) is 19.0. The van der Waals surface area contributed by atoms with E-state index in [4.69, 9.17) is 4.74 Å². The molecule has 1 N–H and O–H groups in total. The van der Waals surface area contributed by atoms with Gasteiger partial charge in [0.05, 0.1) is 11.3 Å². The number of rotatable bonds is 3. The van der Waals surface area contributed by atoms with E-state index >= 15 is 0 Å². The Morgan fingerprint density at radius 1 is 1.33 bits per heavy atom. The highest BCUT2D eigenvalue weighted by Crippen LogP contribution is 2.31. The number of thioether (sulfide) groups is 1. The lowest BCUT2D eigenvalue weighted by atomic mass is 10.2. The van der Waals surface area contributed by atoms with Crippen LogP contribution in [-0.2, 0) is 16.1 Å². The van der Waals surface area contributed by atoms with Gasteiger partial charge in [-0.2, -0.15) is 9.61 Å². The first-order valence-electron chi connectivity index (χ1n) is 8.10. The van der Waals surface area contributed by atoms with Crippen LogP contribution in [0.5, 0.6) is 0 Å². The fourth-order valence-corrected chi connectivity index (χ4v) is 4.37.